The second kappa shape index (κ2) is 9.22. The minimum Gasteiger partial charge on any atom is -0.454 e. The first-order chi connectivity index (χ1) is 15.0. The van der Waals surface area contributed by atoms with E-state index in [4.69, 9.17) is 9.47 Å². The van der Waals surface area contributed by atoms with Crippen LogP contribution in [0, 0.1) is 13.8 Å². The molecule has 1 aromatic carbocycles. The average molecular weight is 419 g/mol. The van der Waals surface area contributed by atoms with Gasteiger partial charge >= 0.3 is 5.97 Å². The van der Waals surface area contributed by atoms with E-state index < -0.39 is 5.97 Å². The number of Topliss-reactive ketones (excluding diaryl/α,β-unsaturated/α-hetero) is 1. The van der Waals surface area contributed by atoms with Gasteiger partial charge in [0.05, 0.1) is 29.0 Å². The van der Waals surface area contributed by atoms with E-state index in [1.54, 1.807) is 6.20 Å². The van der Waals surface area contributed by atoms with Gasteiger partial charge in [0.25, 0.3) is 0 Å². The zero-order chi connectivity index (χ0) is 21.8. The number of para-hydroxylation sites is 2. The number of aryl methyl sites for hydroxylation is 1. The molecule has 0 radical (unpaired) electrons. The maximum Gasteiger partial charge on any atom is 0.331 e. The van der Waals surface area contributed by atoms with Gasteiger partial charge in [0.1, 0.15) is 0 Å². The van der Waals surface area contributed by atoms with Crippen molar-refractivity contribution in [2.75, 3.05) is 13.2 Å². The lowest BCUT2D eigenvalue weighted by molar-refractivity contribution is -0.136. The number of esters is 1. The van der Waals surface area contributed by atoms with Gasteiger partial charge in [-0.3, -0.25) is 9.78 Å². The molecule has 7 heteroatoms. The summed E-state index contributed by atoms with van der Waals surface area (Å²) in [6.07, 6.45) is 6.66. The van der Waals surface area contributed by atoms with Gasteiger partial charge < -0.3 is 14.0 Å². The number of ether oxygens (including phenoxy) is 2. The average Bonchev–Trinajstić information content (AvgIpc) is 3.39. The third-order valence-electron chi connectivity index (χ3n) is 5.49. The first-order valence-corrected chi connectivity index (χ1v) is 10.4. The van der Waals surface area contributed by atoms with Crippen molar-refractivity contribution < 1.29 is 19.1 Å². The highest BCUT2D eigenvalue weighted by Crippen LogP contribution is 2.21. The molecule has 0 unspecified atom stereocenters. The monoisotopic (exact) mass is 419 g/mol. The Hall–Kier alpha value is -3.32. The number of carbonyl (C=O) groups is 2. The molecule has 7 nitrogen and oxygen atoms in total. The lowest BCUT2D eigenvalue weighted by Gasteiger charge is -2.14. The molecule has 1 fully saturated rings. The summed E-state index contributed by atoms with van der Waals surface area (Å²) < 4.78 is 13.0. The summed E-state index contributed by atoms with van der Waals surface area (Å²) in [6.45, 7) is 5.11. The molecule has 0 bridgehead atoms. The van der Waals surface area contributed by atoms with Gasteiger partial charge in [-0.05, 0) is 51.0 Å². The van der Waals surface area contributed by atoms with Crippen LogP contribution in [0.1, 0.15) is 40.3 Å². The smallest absolute Gasteiger partial charge is 0.331 e. The molecule has 1 aliphatic rings. The Morgan fingerprint density at radius 2 is 2.06 bits per heavy atom. The molecule has 3 aromatic rings. The van der Waals surface area contributed by atoms with Crippen LogP contribution in [0.4, 0.5) is 0 Å². The Morgan fingerprint density at radius 3 is 2.84 bits per heavy atom. The lowest BCUT2D eigenvalue weighted by Crippen LogP contribution is -2.18. The predicted molar refractivity (Wildman–Crippen MR) is 117 cm³/mol. The molecule has 1 aliphatic heterocycles. The fraction of sp³-hybridized carbons (Fsp3) is 0.333. The van der Waals surface area contributed by atoms with Gasteiger partial charge in [-0.2, -0.15) is 0 Å². The van der Waals surface area contributed by atoms with Crippen molar-refractivity contribution in [3.8, 4) is 0 Å². The third kappa shape index (κ3) is 4.88. The fourth-order valence-electron chi connectivity index (χ4n) is 3.82. The summed E-state index contributed by atoms with van der Waals surface area (Å²) in [4.78, 5) is 33.4. The van der Waals surface area contributed by atoms with Crippen molar-refractivity contribution in [3.05, 3.63) is 65.2 Å². The molecule has 160 valence electrons. The summed E-state index contributed by atoms with van der Waals surface area (Å²) in [5.41, 5.74) is 4.51. The van der Waals surface area contributed by atoms with Crippen molar-refractivity contribution >= 4 is 28.9 Å². The van der Waals surface area contributed by atoms with Crippen LogP contribution in [-0.2, 0) is 20.8 Å². The summed E-state index contributed by atoms with van der Waals surface area (Å²) in [7, 11) is 0. The Kier molecular flexibility index (Phi) is 6.23. The minimum absolute atomic E-state index is 0.189. The largest absolute Gasteiger partial charge is 0.454 e. The van der Waals surface area contributed by atoms with E-state index in [1.165, 1.54) is 12.2 Å². The Labute approximate surface area is 180 Å². The molecule has 3 heterocycles. The quantitative estimate of drug-likeness (QED) is 0.330. The van der Waals surface area contributed by atoms with Crippen LogP contribution in [0.3, 0.4) is 0 Å². The van der Waals surface area contributed by atoms with Crippen molar-refractivity contribution in [3.63, 3.8) is 0 Å². The molecular formula is C24H25N3O4. The van der Waals surface area contributed by atoms with Crippen LogP contribution in [0.15, 0.2) is 42.6 Å². The van der Waals surface area contributed by atoms with E-state index in [2.05, 4.69) is 14.5 Å². The van der Waals surface area contributed by atoms with Gasteiger partial charge in [-0.15, -0.1) is 0 Å². The Morgan fingerprint density at radius 1 is 1.26 bits per heavy atom. The number of fused-ring (bicyclic) bond motifs is 1. The number of hydrogen-bond acceptors (Lipinski definition) is 6. The maximum atomic E-state index is 12.6. The molecule has 0 amide bonds. The molecule has 4 rings (SSSR count). The zero-order valence-electron chi connectivity index (χ0n) is 17.7. The van der Waals surface area contributed by atoms with Crippen LogP contribution < -0.4 is 0 Å². The minimum atomic E-state index is -0.600. The SMILES string of the molecule is Cc1cc(C(=O)COC(=O)/C=C/c2cnc3ccccc3n2)c(C)n1C[C@H]1CCCO1. The van der Waals surface area contributed by atoms with Gasteiger partial charge in [0, 0.05) is 36.2 Å². The summed E-state index contributed by atoms with van der Waals surface area (Å²) in [5.74, 6) is -0.824. The normalized spacial score (nSPS) is 16.3. The van der Waals surface area contributed by atoms with Crippen molar-refractivity contribution in [1.29, 1.82) is 0 Å². The van der Waals surface area contributed by atoms with Gasteiger partial charge in [0.15, 0.2) is 6.61 Å². The van der Waals surface area contributed by atoms with E-state index in [1.807, 2.05) is 44.2 Å². The van der Waals surface area contributed by atoms with E-state index in [9.17, 15) is 9.59 Å². The predicted octanol–water partition coefficient (Wildman–Crippen LogP) is 3.67. The van der Waals surface area contributed by atoms with E-state index in [0.717, 1.165) is 48.4 Å². The number of rotatable bonds is 7. The Bertz CT molecular complexity index is 1140. The number of aromatic nitrogens is 3. The van der Waals surface area contributed by atoms with Crippen LogP contribution in [0.25, 0.3) is 17.1 Å². The highest BCUT2D eigenvalue weighted by atomic mass is 16.5. The number of hydrogen-bond donors (Lipinski definition) is 0. The second-order valence-corrected chi connectivity index (χ2v) is 7.68. The number of benzene rings is 1. The first-order valence-electron chi connectivity index (χ1n) is 10.4. The molecule has 0 spiro atoms. The molecule has 0 saturated carbocycles. The highest BCUT2D eigenvalue weighted by molar-refractivity contribution is 6.00. The van der Waals surface area contributed by atoms with Crippen LogP contribution >= 0.6 is 0 Å². The summed E-state index contributed by atoms with van der Waals surface area (Å²) in [6, 6.07) is 9.34. The highest BCUT2D eigenvalue weighted by Gasteiger charge is 2.21. The van der Waals surface area contributed by atoms with Crippen LogP contribution in [0.5, 0.6) is 0 Å². The number of nitrogens with zero attached hydrogens (tertiary/aromatic N) is 3. The molecule has 1 atom stereocenters. The Balaban J connectivity index is 1.35. The van der Waals surface area contributed by atoms with Crippen LogP contribution in [-0.4, -0.2) is 45.6 Å². The van der Waals surface area contributed by atoms with Crippen molar-refractivity contribution in [2.24, 2.45) is 0 Å². The number of carbonyl (C=O) groups excluding carboxylic acids is 2. The van der Waals surface area contributed by atoms with Gasteiger partial charge in [0.2, 0.25) is 5.78 Å². The molecule has 2 aromatic heterocycles. The third-order valence-corrected chi connectivity index (χ3v) is 5.49. The summed E-state index contributed by atoms with van der Waals surface area (Å²) in [5, 5.41) is 0. The first kappa shape index (κ1) is 20.9. The lowest BCUT2D eigenvalue weighted by atomic mass is 10.1. The van der Waals surface area contributed by atoms with E-state index in [-0.39, 0.29) is 18.5 Å². The summed E-state index contributed by atoms with van der Waals surface area (Å²) >= 11 is 0. The molecule has 0 N–H and O–H groups in total. The van der Waals surface area contributed by atoms with E-state index >= 15 is 0 Å². The fourth-order valence-corrected chi connectivity index (χ4v) is 3.82. The van der Waals surface area contributed by atoms with Gasteiger partial charge in [-0.1, -0.05) is 12.1 Å². The standard InChI is InChI=1S/C24H25N3O4/c1-16-12-20(17(2)27(16)14-19-6-5-11-30-19)23(28)15-31-24(29)10-9-18-13-25-21-7-3-4-8-22(21)26-18/h3-4,7-10,12-13,19H,5-6,11,14-15H2,1-2H3/b10-9+/t19-/m1/s1. The van der Waals surface area contributed by atoms with Gasteiger partial charge in [-0.25, -0.2) is 9.78 Å². The molecule has 31 heavy (non-hydrogen) atoms. The van der Waals surface area contributed by atoms with Crippen molar-refractivity contribution in [2.45, 2.75) is 39.3 Å². The topological polar surface area (TPSA) is 83.3 Å². The maximum absolute atomic E-state index is 12.6. The zero-order valence-corrected chi connectivity index (χ0v) is 17.7. The molecule has 1 saturated heterocycles. The second-order valence-electron chi connectivity index (χ2n) is 7.68. The number of ketones is 1. The van der Waals surface area contributed by atoms with Crippen molar-refractivity contribution in [1.82, 2.24) is 14.5 Å². The van der Waals surface area contributed by atoms with Crippen LogP contribution in [0.2, 0.25) is 0 Å². The van der Waals surface area contributed by atoms with E-state index in [0.29, 0.717) is 11.3 Å². The molecule has 0 aliphatic carbocycles. The molecular weight excluding hydrogens is 394 g/mol.